The second-order valence-electron chi connectivity index (χ2n) is 4.13. The summed E-state index contributed by atoms with van der Waals surface area (Å²) in [5.41, 5.74) is 2.36. The number of benzene rings is 1. The fraction of sp³-hybridized carbons (Fsp3) is 0.308. The zero-order valence-corrected chi connectivity index (χ0v) is 10.4. The third kappa shape index (κ3) is 2.73. The summed E-state index contributed by atoms with van der Waals surface area (Å²) >= 11 is 3.41. The van der Waals surface area contributed by atoms with Crippen molar-refractivity contribution in [1.29, 1.82) is 0 Å². The SMILES string of the molecule is O=C(O)/C=C1\CC[C@@H](c2ccc(Br)cc2)C1. The molecule has 0 saturated heterocycles. The molecule has 1 aromatic carbocycles. The summed E-state index contributed by atoms with van der Waals surface area (Å²) in [4.78, 5) is 10.6. The molecule has 0 aromatic heterocycles. The van der Waals surface area contributed by atoms with Gasteiger partial charge in [0.2, 0.25) is 0 Å². The Labute approximate surface area is 103 Å². The molecule has 0 heterocycles. The maximum absolute atomic E-state index is 10.6. The molecule has 0 unspecified atom stereocenters. The van der Waals surface area contributed by atoms with Crippen LogP contribution in [0, 0.1) is 0 Å². The Hall–Kier alpha value is -1.09. The molecule has 0 spiro atoms. The Morgan fingerprint density at radius 3 is 2.69 bits per heavy atom. The minimum absolute atomic E-state index is 0.485. The van der Waals surface area contributed by atoms with Crippen LogP contribution in [0.25, 0.3) is 0 Å². The van der Waals surface area contributed by atoms with E-state index in [1.807, 2.05) is 12.1 Å². The van der Waals surface area contributed by atoms with Gasteiger partial charge in [0.05, 0.1) is 0 Å². The van der Waals surface area contributed by atoms with Gasteiger partial charge in [0.15, 0.2) is 0 Å². The molecule has 1 aliphatic rings. The van der Waals surface area contributed by atoms with Crippen LogP contribution in [0.2, 0.25) is 0 Å². The minimum Gasteiger partial charge on any atom is -0.478 e. The van der Waals surface area contributed by atoms with E-state index < -0.39 is 5.97 Å². The molecule has 1 aliphatic carbocycles. The molecule has 0 amide bonds. The second kappa shape index (κ2) is 4.83. The van der Waals surface area contributed by atoms with Gasteiger partial charge >= 0.3 is 5.97 Å². The van der Waals surface area contributed by atoms with Crippen molar-refractivity contribution in [2.75, 3.05) is 0 Å². The van der Waals surface area contributed by atoms with Gasteiger partial charge in [0, 0.05) is 10.5 Å². The van der Waals surface area contributed by atoms with E-state index >= 15 is 0 Å². The molecule has 16 heavy (non-hydrogen) atoms. The van der Waals surface area contributed by atoms with Crippen LogP contribution < -0.4 is 0 Å². The minimum atomic E-state index is -0.827. The molecule has 1 aromatic rings. The number of rotatable bonds is 2. The average molecular weight is 281 g/mol. The fourth-order valence-corrected chi connectivity index (χ4v) is 2.47. The topological polar surface area (TPSA) is 37.3 Å². The van der Waals surface area contributed by atoms with E-state index in [9.17, 15) is 4.79 Å². The molecular formula is C13H13BrO2. The molecule has 84 valence electrons. The van der Waals surface area contributed by atoms with Gasteiger partial charge in [-0.1, -0.05) is 33.6 Å². The molecule has 0 radical (unpaired) electrons. The summed E-state index contributed by atoms with van der Waals surface area (Å²) in [6.45, 7) is 0. The number of aliphatic carboxylic acids is 1. The number of carboxylic acids is 1. The standard InChI is InChI=1S/C13H13BrO2/c14-12-5-3-10(4-6-12)11-2-1-9(7-11)8-13(15)16/h3-6,8,11H,1-2,7H2,(H,15,16)/b9-8+/t11-/m1/s1. The lowest BCUT2D eigenvalue weighted by Crippen LogP contribution is -1.92. The fourth-order valence-electron chi connectivity index (χ4n) is 2.21. The number of carbonyl (C=O) groups is 1. The Morgan fingerprint density at radius 1 is 1.38 bits per heavy atom. The van der Waals surface area contributed by atoms with Gasteiger partial charge in [-0.25, -0.2) is 4.79 Å². The summed E-state index contributed by atoms with van der Waals surface area (Å²) in [7, 11) is 0. The predicted molar refractivity (Wildman–Crippen MR) is 66.5 cm³/mol. The van der Waals surface area contributed by atoms with Gasteiger partial charge in [0.1, 0.15) is 0 Å². The van der Waals surface area contributed by atoms with Crippen LogP contribution in [0.4, 0.5) is 0 Å². The van der Waals surface area contributed by atoms with Crippen LogP contribution in [-0.4, -0.2) is 11.1 Å². The summed E-state index contributed by atoms with van der Waals surface area (Å²) in [6.07, 6.45) is 4.21. The van der Waals surface area contributed by atoms with Crippen molar-refractivity contribution >= 4 is 21.9 Å². The summed E-state index contributed by atoms with van der Waals surface area (Å²) in [6, 6.07) is 8.29. The van der Waals surface area contributed by atoms with Crippen molar-refractivity contribution in [3.05, 3.63) is 46.0 Å². The quantitative estimate of drug-likeness (QED) is 0.839. The lowest BCUT2D eigenvalue weighted by molar-refractivity contribution is -0.131. The highest BCUT2D eigenvalue weighted by atomic mass is 79.9. The summed E-state index contributed by atoms with van der Waals surface area (Å²) in [5, 5.41) is 8.68. The first-order chi connectivity index (χ1) is 7.65. The monoisotopic (exact) mass is 280 g/mol. The lowest BCUT2D eigenvalue weighted by atomic mass is 9.97. The molecule has 0 aliphatic heterocycles. The molecule has 2 rings (SSSR count). The Bertz CT molecular complexity index is 420. The number of allylic oxidation sites excluding steroid dienone is 1. The predicted octanol–water partition coefficient (Wildman–Crippen LogP) is 3.73. The van der Waals surface area contributed by atoms with Crippen molar-refractivity contribution in [1.82, 2.24) is 0 Å². The van der Waals surface area contributed by atoms with Crippen molar-refractivity contribution < 1.29 is 9.90 Å². The first-order valence-corrected chi connectivity index (χ1v) is 6.12. The van der Waals surface area contributed by atoms with E-state index in [0.29, 0.717) is 5.92 Å². The average Bonchev–Trinajstić information content (AvgIpc) is 2.66. The molecule has 0 bridgehead atoms. The van der Waals surface area contributed by atoms with Crippen LogP contribution in [0.5, 0.6) is 0 Å². The normalized spacial score (nSPS) is 22.6. The second-order valence-corrected chi connectivity index (χ2v) is 5.05. The van der Waals surface area contributed by atoms with E-state index in [1.165, 1.54) is 11.6 Å². The van der Waals surface area contributed by atoms with Crippen LogP contribution >= 0.6 is 15.9 Å². The molecule has 2 nitrogen and oxygen atoms in total. The van der Waals surface area contributed by atoms with Gasteiger partial charge in [-0.05, 0) is 42.9 Å². The number of hydrogen-bond acceptors (Lipinski definition) is 1. The largest absolute Gasteiger partial charge is 0.478 e. The van der Waals surface area contributed by atoms with Crippen molar-refractivity contribution in [3.63, 3.8) is 0 Å². The van der Waals surface area contributed by atoms with Crippen molar-refractivity contribution in [2.24, 2.45) is 0 Å². The highest BCUT2D eigenvalue weighted by Crippen LogP contribution is 2.37. The lowest BCUT2D eigenvalue weighted by Gasteiger charge is -2.08. The number of carboxylic acid groups (broad SMARTS) is 1. The smallest absolute Gasteiger partial charge is 0.328 e. The molecule has 1 fully saturated rings. The molecule has 3 heteroatoms. The maximum atomic E-state index is 10.6. The Kier molecular flexibility index (Phi) is 3.44. The molecule has 1 N–H and O–H groups in total. The van der Waals surface area contributed by atoms with Gasteiger partial charge in [0.25, 0.3) is 0 Å². The van der Waals surface area contributed by atoms with Crippen molar-refractivity contribution in [3.8, 4) is 0 Å². The third-order valence-electron chi connectivity index (χ3n) is 2.99. The molecule has 1 atom stereocenters. The first-order valence-electron chi connectivity index (χ1n) is 5.33. The zero-order valence-electron chi connectivity index (χ0n) is 8.82. The highest BCUT2D eigenvalue weighted by Gasteiger charge is 2.21. The van der Waals surface area contributed by atoms with Gasteiger partial charge in [-0.2, -0.15) is 0 Å². The van der Waals surface area contributed by atoms with E-state index in [-0.39, 0.29) is 0 Å². The van der Waals surface area contributed by atoms with Crippen LogP contribution in [0.3, 0.4) is 0 Å². The van der Waals surface area contributed by atoms with E-state index in [1.54, 1.807) is 0 Å². The Morgan fingerprint density at radius 2 is 2.06 bits per heavy atom. The third-order valence-corrected chi connectivity index (χ3v) is 3.52. The van der Waals surface area contributed by atoms with Gasteiger partial charge < -0.3 is 5.11 Å². The Balaban J connectivity index is 2.09. The molecule has 1 saturated carbocycles. The van der Waals surface area contributed by atoms with E-state index in [0.717, 1.165) is 29.3 Å². The molecular weight excluding hydrogens is 268 g/mol. The van der Waals surface area contributed by atoms with E-state index in [4.69, 9.17) is 5.11 Å². The van der Waals surface area contributed by atoms with Crippen LogP contribution in [-0.2, 0) is 4.79 Å². The maximum Gasteiger partial charge on any atom is 0.328 e. The van der Waals surface area contributed by atoms with Gasteiger partial charge in [-0.3, -0.25) is 0 Å². The van der Waals surface area contributed by atoms with Crippen LogP contribution in [0.15, 0.2) is 40.4 Å². The summed E-state index contributed by atoms with van der Waals surface area (Å²) < 4.78 is 1.08. The number of hydrogen-bond donors (Lipinski definition) is 1. The van der Waals surface area contributed by atoms with Crippen molar-refractivity contribution in [2.45, 2.75) is 25.2 Å². The van der Waals surface area contributed by atoms with Gasteiger partial charge in [-0.15, -0.1) is 0 Å². The summed E-state index contributed by atoms with van der Waals surface area (Å²) in [5.74, 6) is -0.342. The first kappa shape index (κ1) is 11.4. The highest BCUT2D eigenvalue weighted by molar-refractivity contribution is 9.10. The number of halogens is 1. The van der Waals surface area contributed by atoms with Crippen LogP contribution in [0.1, 0.15) is 30.7 Å². The van der Waals surface area contributed by atoms with E-state index in [2.05, 4.69) is 28.1 Å². The zero-order chi connectivity index (χ0) is 11.5.